The number of amides is 1. The Morgan fingerprint density at radius 2 is 2.18 bits per heavy atom. The van der Waals surface area contributed by atoms with Crippen LogP contribution in [0.3, 0.4) is 0 Å². The van der Waals surface area contributed by atoms with Crippen LogP contribution in [0.5, 0.6) is 0 Å². The van der Waals surface area contributed by atoms with E-state index in [1.54, 1.807) is 0 Å². The predicted molar refractivity (Wildman–Crippen MR) is 68.4 cm³/mol. The van der Waals surface area contributed by atoms with Crippen LogP contribution in [0, 0.1) is 0 Å². The average molecular weight is 260 g/mol. The lowest BCUT2D eigenvalue weighted by Gasteiger charge is -2.16. The van der Waals surface area contributed by atoms with Gasteiger partial charge in [0.2, 0.25) is 0 Å². The van der Waals surface area contributed by atoms with Crippen LogP contribution in [0.4, 0.5) is 15.3 Å². The summed E-state index contributed by atoms with van der Waals surface area (Å²) in [5, 5.41) is 3.16. The fourth-order valence-corrected chi connectivity index (χ4v) is 2.38. The van der Waals surface area contributed by atoms with Gasteiger partial charge in [-0.2, -0.15) is 0 Å². The van der Waals surface area contributed by atoms with Gasteiger partial charge in [0, 0.05) is 19.6 Å². The number of rotatable bonds is 6. The molecular formula is C10H17FN4OS. The first-order valence-electron chi connectivity index (χ1n) is 5.49. The summed E-state index contributed by atoms with van der Waals surface area (Å²) in [5.74, 6) is -0.163. The number of carbonyl (C=O) groups is 1. The maximum absolute atomic E-state index is 11.9. The van der Waals surface area contributed by atoms with Crippen molar-refractivity contribution in [2.45, 2.75) is 13.8 Å². The maximum atomic E-state index is 11.9. The van der Waals surface area contributed by atoms with E-state index in [0.29, 0.717) is 4.88 Å². The van der Waals surface area contributed by atoms with E-state index < -0.39 is 6.67 Å². The van der Waals surface area contributed by atoms with Crippen molar-refractivity contribution in [1.82, 2.24) is 10.3 Å². The Labute approximate surface area is 104 Å². The molecule has 0 radical (unpaired) electrons. The molecule has 17 heavy (non-hydrogen) atoms. The molecule has 7 heteroatoms. The third kappa shape index (κ3) is 3.29. The van der Waals surface area contributed by atoms with Crippen molar-refractivity contribution in [3.05, 3.63) is 4.88 Å². The lowest BCUT2D eigenvalue weighted by atomic mass is 10.4. The van der Waals surface area contributed by atoms with Crippen molar-refractivity contribution in [1.29, 1.82) is 0 Å². The summed E-state index contributed by atoms with van der Waals surface area (Å²) in [6.07, 6.45) is 0. The fourth-order valence-electron chi connectivity index (χ4n) is 1.35. The van der Waals surface area contributed by atoms with Crippen LogP contribution >= 0.6 is 11.3 Å². The first-order chi connectivity index (χ1) is 8.13. The number of anilines is 2. The quantitative estimate of drug-likeness (QED) is 0.808. The van der Waals surface area contributed by atoms with Crippen molar-refractivity contribution in [3.8, 4) is 0 Å². The number of nitrogen functional groups attached to an aromatic ring is 1. The molecule has 0 unspecified atom stereocenters. The molecule has 1 rings (SSSR count). The zero-order valence-electron chi connectivity index (χ0n) is 9.99. The lowest BCUT2D eigenvalue weighted by molar-refractivity contribution is 0.0955. The Morgan fingerprint density at radius 1 is 1.53 bits per heavy atom. The van der Waals surface area contributed by atoms with Crippen molar-refractivity contribution in [2.75, 3.05) is 36.9 Å². The zero-order chi connectivity index (χ0) is 12.8. The first kappa shape index (κ1) is 13.7. The van der Waals surface area contributed by atoms with Gasteiger partial charge in [-0.15, -0.1) is 0 Å². The van der Waals surface area contributed by atoms with Crippen LogP contribution in [0.2, 0.25) is 0 Å². The highest BCUT2D eigenvalue weighted by Gasteiger charge is 2.17. The van der Waals surface area contributed by atoms with Gasteiger partial charge in [0.1, 0.15) is 17.4 Å². The summed E-state index contributed by atoms with van der Waals surface area (Å²) in [7, 11) is 0. The van der Waals surface area contributed by atoms with Gasteiger partial charge in [0.05, 0.1) is 0 Å². The summed E-state index contributed by atoms with van der Waals surface area (Å²) in [5.41, 5.74) is 5.68. The Balaban J connectivity index is 2.84. The maximum Gasteiger partial charge on any atom is 0.265 e. The number of nitrogens with one attached hydrogen (secondary N) is 1. The molecule has 1 aromatic heterocycles. The fraction of sp³-hybridized carbons (Fsp3) is 0.600. The van der Waals surface area contributed by atoms with Gasteiger partial charge in [-0.3, -0.25) is 4.79 Å². The minimum absolute atomic E-state index is 0.00320. The van der Waals surface area contributed by atoms with E-state index >= 15 is 0 Å². The van der Waals surface area contributed by atoms with Gasteiger partial charge >= 0.3 is 0 Å². The molecule has 3 N–H and O–H groups in total. The molecule has 1 aromatic rings. The smallest absolute Gasteiger partial charge is 0.265 e. The summed E-state index contributed by atoms with van der Waals surface area (Å²) in [6.45, 7) is 5.02. The van der Waals surface area contributed by atoms with Crippen molar-refractivity contribution in [3.63, 3.8) is 0 Å². The van der Waals surface area contributed by atoms with Crippen LogP contribution in [-0.2, 0) is 0 Å². The van der Waals surface area contributed by atoms with E-state index in [2.05, 4.69) is 10.3 Å². The van der Waals surface area contributed by atoms with E-state index in [0.717, 1.165) is 18.2 Å². The van der Waals surface area contributed by atoms with E-state index in [4.69, 9.17) is 5.73 Å². The topological polar surface area (TPSA) is 71.2 Å². The monoisotopic (exact) mass is 260 g/mol. The molecular weight excluding hydrogens is 243 g/mol. The number of carbonyl (C=O) groups excluding carboxylic acids is 1. The second-order valence-corrected chi connectivity index (χ2v) is 4.31. The highest BCUT2D eigenvalue weighted by molar-refractivity contribution is 7.18. The van der Waals surface area contributed by atoms with Crippen LogP contribution in [0.1, 0.15) is 23.5 Å². The predicted octanol–water partition coefficient (Wildman–Crippen LogP) is 1.27. The van der Waals surface area contributed by atoms with E-state index in [1.165, 1.54) is 11.3 Å². The van der Waals surface area contributed by atoms with Crippen LogP contribution < -0.4 is 16.0 Å². The van der Waals surface area contributed by atoms with Crippen LogP contribution in [0.15, 0.2) is 0 Å². The number of hydrogen-bond acceptors (Lipinski definition) is 5. The SMILES string of the molecule is CCN(CC)c1nc(N)c(C(=O)NCCF)s1. The van der Waals surface area contributed by atoms with Gasteiger partial charge < -0.3 is 16.0 Å². The molecule has 0 aromatic carbocycles. The second-order valence-electron chi connectivity index (χ2n) is 3.33. The van der Waals surface area contributed by atoms with E-state index in [-0.39, 0.29) is 18.3 Å². The summed E-state index contributed by atoms with van der Waals surface area (Å²) < 4.78 is 11.9. The number of nitrogens with two attached hydrogens (primary N) is 1. The third-order valence-electron chi connectivity index (χ3n) is 2.26. The minimum Gasteiger partial charge on any atom is -0.382 e. The molecule has 0 aliphatic heterocycles. The van der Waals surface area contributed by atoms with Crippen LogP contribution in [0.25, 0.3) is 0 Å². The molecule has 0 saturated heterocycles. The molecule has 96 valence electrons. The van der Waals surface area contributed by atoms with Crippen LogP contribution in [-0.4, -0.2) is 37.2 Å². The zero-order valence-corrected chi connectivity index (χ0v) is 10.8. The molecule has 0 aliphatic rings. The van der Waals surface area contributed by atoms with Gasteiger partial charge in [-0.25, -0.2) is 9.37 Å². The molecule has 0 spiro atoms. The van der Waals surface area contributed by atoms with Gasteiger partial charge in [-0.05, 0) is 13.8 Å². The molecule has 1 amide bonds. The standard InChI is InChI=1S/C10H17FN4OS/c1-3-15(4-2)10-14-8(12)7(17-10)9(16)13-6-5-11/h3-6,12H2,1-2H3,(H,13,16). The lowest BCUT2D eigenvalue weighted by Crippen LogP contribution is -2.25. The molecule has 0 fully saturated rings. The van der Waals surface area contributed by atoms with Gasteiger partial charge in [-0.1, -0.05) is 11.3 Å². The highest BCUT2D eigenvalue weighted by atomic mass is 32.1. The number of nitrogens with zero attached hydrogens (tertiary/aromatic N) is 2. The Hall–Kier alpha value is -1.37. The summed E-state index contributed by atoms with van der Waals surface area (Å²) >= 11 is 1.23. The highest BCUT2D eigenvalue weighted by Crippen LogP contribution is 2.27. The normalized spacial score (nSPS) is 10.3. The third-order valence-corrected chi connectivity index (χ3v) is 3.39. The van der Waals surface area contributed by atoms with Gasteiger partial charge in [0.15, 0.2) is 5.13 Å². The number of halogens is 1. The van der Waals surface area contributed by atoms with Gasteiger partial charge in [0.25, 0.3) is 5.91 Å². The molecule has 1 heterocycles. The first-order valence-corrected chi connectivity index (χ1v) is 6.31. The molecule has 0 aliphatic carbocycles. The molecule has 0 saturated carbocycles. The Bertz CT molecular complexity index is 378. The number of aromatic nitrogens is 1. The van der Waals surface area contributed by atoms with E-state index in [9.17, 15) is 9.18 Å². The van der Waals surface area contributed by atoms with E-state index in [1.807, 2.05) is 18.7 Å². The van der Waals surface area contributed by atoms with Crippen molar-refractivity contribution >= 4 is 28.2 Å². The number of alkyl halides is 1. The molecule has 0 bridgehead atoms. The Kier molecular flexibility index (Phi) is 5.14. The second kappa shape index (κ2) is 6.39. The number of hydrogen-bond donors (Lipinski definition) is 2. The van der Waals surface area contributed by atoms with Crippen molar-refractivity contribution < 1.29 is 9.18 Å². The number of thiazole rings is 1. The Morgan fingerprint density at radius 3 is 2.71 bits per heavy atom. The molecule has 0 atom stereocenters. The summed E-state index contributed by atoms with van der Waals surface area (Å²) in [4.78, 5) is 18.1. The largest absolute Gasteiger partial charge is 0.382 e. The molecule has 5 nitrogen and oxygen atoms in total. The minimum atomic E-state index is -0.590. The average Bonchev–Trinajstić information content (AvgIpc) is 2.70. The summed E-state index contributed by atoms with van der Waals surface area (Å²) in [6, 6.07) is 0. The van der Waals surface area contributed by atoms with Crippen molar-refractivity contribution in [2.24, 2.45) is 0 Å².